The van der Waals surface area contributed by atoms with E-state index in [0.29, 0.717) is 6.42 Å². The molecule has 0 spiro atoms. The van der Waals surface area contributed by atoms with Crippen LogP contribution in [0.15, 0.2) is 18.2 Å². The molecule has 1 amide bonds. The maximum Gasteiger partial charge on any atom is 0.243 e. The van der Waals surface area contributed by atoms with E-state index in [1.165, 1.54) is 0 Å². The quantitative estimate of drug-likeness (QED) is 0.639. The monoisotopic (exact) mass is 247 g/mol. The van der Waals surface area contributed by atoms with Gasteiger partial charge in [0.05, 0.1) is 11.0 Å². The lowest BCUT2D eigenvalue weighted by atomic mass is 10.1. The van der Waals surface area contributed by atoms with Crippen LogP contribution in [0.3, 0.4) is 0 Å². The number of nitrogens with one attached hydrogen (secondary N) is 1. The summed E-state index contributed by atoms with van der Waals surface area (Å²) in [6.45, 7) is 4.98. The lowest BCUT2D eigenvalue weighted by Crippen LogP contribution is -2.18. The second kappa shape index (κ2) is 5.18. The lowest BCUT2D eigenvalue weighted by molar-refractivity contribution is -0.129. The van der Waals surface area contributed by atoms with Crippen molar-refractivity contribution in [2.24, 2.45) is 0 Å². The molecule has 18 heavy (non-hydrogen) atoms. The van der Waals surface area contributed by atoms with Crippen molar-refractivity contribution in [3.05, 3.63) is 29.6 Å². The van der Waals surface area contributed by atoms with Gasteiger partial charge in [0.2, 0.25) is 5.91 Å². The van der Waals surface area contributed by atoms with Gasteiger partial charge in [-0.25, -0.2) is 10.5 Å². The standard InChI is InChI=1S/C13H17N3O2/c1-3-16-9(2)14-11-8-10(4-6-12(11)16)5-7-13(17)15-18/h4,6,8,18H,3,5,7H2,1-2H3,(H,15,17). The predicted octanol–water partition coefficient (Wildman–Crippen LogP) is 1.80. The van der Waals surface area contributed by atoms with Crippen LogP contribution in [0.5, 0.6) is 0 Å². The number of nitrogens with zero attached hydrogens (tertiary/aromatic N) is 2. The Morgan fingerprint density at radius 1 is 1.50 bits per heavy atom. The summed E-state index contributed by atoms with van der Waals surface area (Å²) in [6.07, 6.45) is 0.871. The lowest BCUT2D eigenvalue weighted by Gasteiger charge is -2.03. The number of hydrogen-bond donors (Lipinski definition) is 2. The van der Waals surface area contributed by atoms with E-state index in [1.54, 1.807) is 5.48 Å². The highest BCUT2D eigenvalue weighted by molar-refractivity contribution is 5.78. The molecule has 0 aliphatic rings. The Kier molecular flexibility index (Phi) is 3.62. The van der Waals surface area contributed by atoms with Crippen LogP contribution >= 0.6 is 0 Å². The van der Waals surface area contributed by atoms with E-state index >= 15 is 0 Å². The first-order chi connectivity index (χ1) is 8.65. The molecule has 0 atom stereocenters. The largest absolute Gasteiger partial charge is 0.329 e. The van der Waals surface area contributed by atoms with Gasteiger partial charge in [-0.05, 0) is 38.0 Å². The summed E-state index contributed by atoms with van der Waals surface area (Å²) >= 11 is 0. The first-order valence-corrected chi connectivity index (χ1v) is 6.04. The molecule has 1 heterocycles. The van der Waals surface area contributed by atoms with Crippen LogP contribution in [0.4, 0.5) is 0 Å². The van der Waals surface area contributed by atoms with Crippen LogP contribution in [-0.4, -0.2) is 20.7 Å². The minimum atomic E-state index is -0.370. The molecule has 0 bridgehead atoms. The SMILES string of the molecule is CCn1c(C)nc2cc(CCC(=O)NO)ccc21. The molecular weight excluding hydrogens is 230 g/mol. The van der Waals surface area contributed by atoms with Crippen molar-refractivity contribution in [1.29, 1.82) is 0 Å². The van der Waals surface area contributed by atoms with E-state index in [9.17, 15) is 4.79 Å². The number of hydrogen-bond acceptors (Lipinski definition) is 3. The first kappa shape index (κ1) is 12.6. The van der Waals surface area contributed by atoms with Crippen LogP contribution in [0.2, 0.25) is 0 Å². The molecule has 0 saturated carbocycles. The van der Waals surface area contributed by atoms with Crippen LogP contribution in [0, 0.1) is 6.92 Å². The van der Waals surface area contributed by atoms with Gasteiger partial charge < -0.3 is 4.57 Å². The fourth-order valence-electron chi connectivity index (χ4n) is 2.16. The zero-order chi connectivity index (χ0) is 13.1. The molecule has 2 N–H and O–H groups in total. The zero-order valence-electron chi connectivity index (χ0n) is 10.6. The van der Waals surface area contributed by atoms with Gasteiger partial charge in [-0.3, -0.25) is 10.0 Å². The summed E-state index contributed by atoms with van der Waals surface area (Å²) in [5.41, 5.74) is 4.76. The molecule has 1 aromatic heterocycles. The van der Waals surface area contributed by atoms with E-state index in [-0.39, 0.29) is 12.3 Å². The molecule has 1 aromatic carbocycles. The summed E-state index contributed by atoms with van der Waals surface area (Å²) in [5.74, 6) is 0.628. The third-order valence-electron chi connectivity index (χ3n) is 3.09. The van der Waals surface area contributed by atoms with Crippen LogP contribution < -0.4 is 5.48 Å². The number of benzene rings is 1. The Hall–Kier alpha value is -1.88. The Morgan fingerprint density at radius 2 is 2.28 bits per heavy atom. The van der Waals surface area contributed by atoms with E-state index in [4.69, 9.17) is 5.21 Å². The summed E-state index contributed by atoms with van der Waals surface area (Å²) in [5, 5.41) is 8.44. The second-order valence-corrected chi connectivity index (χ2v) is 4.26. The van der Waals surface area contributed by atoms with Crippen molar-refractivity contribution in [2.45, 2.75) is 33.2 Å². The topological polar surface area (TPSA) is 67.2 Å². The van der Waals surface area contributed by atoms with Crippen molar-refractivity contribution in [1.82, 2.24) is 15.0 Å². The third kappa shape index (κ3) is 2.36. The number of carbonyl (C=O) groups excluding carboxylic acids is 1. The van der Waals surface area contributed by atoms with E-state index in [0.717, 1.165) is 29.0 Å². The molecule has 2 rings (SSSR count). The van der Waals surface area contributed by atoms with Gasteiger partial charge in [0.15, 0.2) is 0 Å². The molecule has 2 aromatic rings. The van der Waals surface area contributed by atoms with Gasteiger partial charge in [0.1, 0.15) is 5.82 Å². The first-order valence-electron chi connectivity index (χ1n) is 6.04. The molecule has 0 fully saturated rings. The normalized spacial score (nSPS) is 10.8. The van der Waals surface area contributed by atoms with Crippen molar-refractivity contribution < 1.29 is 10.0 Å². The summed E-state index contributed by atoms with van der Waals surface area (Å²) < 4.78 is 2.15. The van der Waals surface area contributed by atoms with E-state index in [1.807, 2.05) is 25.1 Å². The van der Waals surface area contributed by atoms with Crippen molar-refractivity contribution >= 4 is 16.9 Å². The summed E-state index contributed by atoms with van der Waals surface area (Å²) in [4.78, 5) is 15.5. The fourth-order valence-corrected chi connectivity index (χ4v) is 2.16. The third-order valence-corrected chi connectivity index (χ3v) is 3.09. The predicted molar refractivity (Wildman–Crippen MR) is 68.4 cm³/mol. The average molecular weight is 247 g/mol. The highest BCUT2D eigenvalue weighted by Gasteiger charge is 2.07. The maximum absolute atomic E-state index is 11.0. The molecule has 5 heteroatoms. The number of aryl methyl sites for hydroxylation is 3. The van der Waals surface area contributed by atoms with Crippen molar-refractivity contribution in [3.63, 3.8) is 0 Å². The molecule has 0 saturated heterocycles. The molecular formula is C13H17N3O2. The Bertz CT molecular complexity index is 575. The number of hydroxylamine groups is 1. The number of carbonyl (C=O) groups is 1. The van der Waals surface area contributed by atoms with Crippen LogP contribution in [-0.2, 0) is 17.8 Å². The van der Waals surface area contributed by atoms with Gasteiger partial charge in [0.25, 0.3) is 0 Å². The Labute approximate surface area is 105 Å². The number of aromatic nitrogens is 2. The minimum Gasteiger partial charge on any atom is -0.329 e. The fraction of sp³-hybridized carbons (Fsp3) is 0.385. The molecule has 0 aliphatic heterocycles. The molecule has 5 nitrogen and oxygen atoms in total. The average Bonchev–Trinajstić information content (AvgIpc) is 2.70. The minimum absolute atomic E-state index is 0.273. The van der Waals surface area contributed by atoms with Gasteiger partial charge in [-0.15, -0.1) is 0 Å². The van der Waals surface area contributed by atoms with Crippen molar-refractivity contribution in [3.8, 4) is 0 Å². The summed E-state index contributed by atoms with van der Waals surface area (Å²) in [6, 6.07) is 6.03. The number of amides is 1. The van der Waals surface area contributed by atoms with E-state index in [2.05, 4.69) is 16.5 Å². The van der Waals surface area contributed by atoms with E-state index < -0.39 is 0 Å². The Balaban J connectivity index is 2.25. The highest BCUT2D eigenvalue weighted by atomic mass is 16.5. The number of imidazole rings is 1. The number of rotatable bonds is 4. The molecule has 0 radical (unpaired) electrons. The molecule has 96 valence electrons. The molecule has 0 aliphatic carbocycles. The smallest absolute Gasteiger partial charge is 0.243 e. The van der Waals surface area contributed by atoms with Gasteiger partial charge >= 0.3 is 0 Å². The van der Waals surface area contributed by atoms with Gasteiger partial charge in [-0.1, -0.05) is 6.07 Å². The van der Waals surface area contributed by atoms with Gasteiger partial charge in [-0.2, -0.15) is 0 Å². The van der Waals surface area contributed by atoms with Crippen LogP contribution in [0.25, 0.3) is 11.0 Å². The second-order valence-electron chi connectivity index (χ2n) is 4.26. The maximum atomic E-state index is 11.0. The van der Waals surface area contributed by atoms with Gasteiger partial charge in [0, 0.05) is 13.0 Å². The Morgan fingerprint density at radius 3 is 2.94 bits per heavy atom. The zero-order valence-corrected chi connectivity index (χ0v) is 10.6. The highest BCUT2D eigenvalue weighted by Crippen LogP contribution is 2.18. The summed E-state index contributed by atoms with van der Waals surface area (Å²) in [7, 11) is 0. The van der Waals surface area contributed by atoms with Crippen molar-refractivity contribution in [2.75, 3.05) is 0 Å². The number of fused-ring (bicyclic) bond motifs is 1. The van der Waals surface area contributed by atoms with Crippen LogP contribution in [0.1, 0.15) is 24.7 Å². The molecule has 0 unspecified atom stereocenters.